The standard InChI is InChI=1S/C30H39Br2NO3/c1-7-8-9-10-11-36-28-19(31)12-18(13-20(28)32)25-26-21(14-29(2,3)16-23(26)34)33(6)22-15-30(4,5)17-24(35)27(22)25/h12-13,25H,7-11,14-17H2,1-6H3. The van der Waals surface area contributed by atoms with Gasteiger partial charge < -0.3 is 9.64 Å². The minimum Gasteiger partial charge on any atom is -0.491 e. The lowest BCUT2D eigenvalue weighted by Gasteiger charge is -2.48. The maximum Gasteiger partial charge on any atom is 0.162 e. The average molecular weight is 621 g/mol. The number of Topliss-reactive ketones (excluding diaryl/α,β-unsaturated/α-hetero) is 2. The van der Waals surface area contributed by atoms with Crippen molar-refractivity contribution >= 4 is 43.4 Å². The van der Waals surface area contributed by atoms with Crippen LogP contribution in [0.5, 0.6) is 5.75 Å². The molecule has 1 aliphatic heterocycles. The molecule has 1 aromatic rings. The lowest BCUT2D eigenvalue weighted by Crippen LogP contribution is -2.43. The Balaban J connectivity index is 1.80. The number of ether oxygens (including phenoxy) is 1. The van der Waals surface area contributed by atoms with Gasteiger partial charge in [-0.1, -0.05) is 53.9 Å². The second kappa shape index (κ2) is 10.4. The number of halogens is 2. The Hall–Kier alpha value is -1.40. The number of nitrogens with zero attached hydrogens (tertiary/aromatic N) is 1. The minimum absolute atomic E-state index is 0.0996. The highest BCUT2D eigenvalue weighted by molar-refractivity contribution is 9.11. The molecule has 0 unspecified atom stereocenters. The lowest BCUT2D eigenvalue weighted by molar-refractivity contribution is -0.119. The molecular formula is C30H39Br2NO3. The van der Waals surface area contributed by atoms with E-state index in [0.29, 0.717) is 19.4 Å². The average Bonchev–Trinajstić information content (AvgIpc) is 2.75. The zero-order valence-corrected chi connectivity index (χ0v) is 25.7. The van der Waals surface area contributed by atoms with Gasteiger partial charge in [-0.05, 0) is 79.6 Å². The van der Waals surface area contributed by atoms with Crippen molar-refractivity contribution < 1.29 is 14.3 Å². The van der Waals surface area contributed by atoms with Gasteiger partial charge in [-0.2, -0.15) is 0 Å². The topological polar surface area (TPSA) is 46.6 Å². The van der Waals surface area contributed by atoms with Crippen LogP contribution in [0.2, 0.25) is 0 Å². The summed E-state index contributed by atoms with van der Waals surface area (Å²) in [5.74, 6) is 0.750. The summed E-state index contributed by atoms with van der Waals surface area (Å²) in [6.45, 7) is 11.5. The molecule has 0 amide bonds. The van der Waals surface area contributed by atoms with Gasteiger partial charge in [0.15, 0.2) is 11.6 Å². The molecule has 2 aliphatic carbocycles. The number of benzene rings is 1. The Bertz CT molecular complexity index is 1070. The van der Waals surface area contributed by atoms with E-state index in [-0.39, 0.29) is 28.3 Å². The Morgan fingerprint density at radius 3 is 1.83 bits per heavy atom. The van der Waals surface area contributed by atoms with Crippen LogP contribution in [0.3, 0.4) is 0 Å². The van der Waals surface area contributed by atoms with Crippen molar-refractivity contribution in [3.63, 3.8) is 0 Å². The van der Waals surface area contributed by atoms with E-state index in [1.54, 1.807) is 0 Å². The summed E-state index contributed by atoms with van der Waals surface area (Å²) < 4.78 is 7.81. The molecule has 1 heterocycles. The summed E-state index contributed by atoms with van der Waals surface area (Å²) in [5, 5.41) is 0. The molecular weight excluding hydrogens is 582 g/mol. The molecule has 0 atom stereocenters. The van der Waals surface area contributed by atoms with Crippen LogP contribution >= 0.6 is 31.9 Å². The van der Waals surface area contributed by atoms with Gasteiger partial charge in [0.2, 0.25) is 0 Å². The van der Waals surface area contributed by atoms with E-state index in [2.05, 4.69) is 83.5 Å². The molecule has 3 aliphatic rings. The molecule has 0 fully saturated rings. The van der Waals surface area contributed by atoms with Gasteiger partial charge >= 0.3 is 0 Å². The van der Waals surface area contributed by atoms with Gasteiger partial charge in [0.1, 0.15) is 5.75 Å². The van der Waals surface area contributed by atoms with Crippen LogP contribution in [-0.2, 0) is 9.59 Å². The molecule has 0 N–H and O–H groups in total. The van der Waals surface area contributed by atoms with Crippen LogP contribution in [0.1, 0.15) is 97.5 Å². The number of hydrogen-bond donors (Lipinski definition) is 0. The molecule has 196 valence electrons. The molecule has 6 heteroatoms. The zero-order valence-electron chi connectivity index (χ0n) is 22.5. The molecule has 1 aromatic carbocycles. The maximum atomic E-state index is 13.7. The van der Waals surface area contributed by atoms with Gasteiger partial charge in [-0.25, -0.2) is 0 Å². The van der Waals surface area contributed by atoms with Crippen molar-refractivity contribution in [2.24, 2.45) is 10.8 Å². The van der Waals surface area contributed by atoms with Gasteiger partial charge in [0.25, 0.3) is 0 Å². The number of unbranched alkanes of at least 4 members (excludes halogenated alkanes) is 3. The third-order valence-corrected chi connectivity index (χ3v) is 8.96. The highest BCUT2D eigenvalue weighted by Gasteiger charge is 2.48. The molecule has 4 rings (SSSR count). The smallest absolute Gasteiger partial charge is 0.162 e. The third-order valence-electron chi connectivity index (χ3n) is 7.78. The SMILES string of the molecule is CCCCCCOc1c(Br)cc(C2C3=C(CC(C)(C)CC3=O)N(C)C3=C2C(=O)CC(C)(C)C3)cc1Br. The number of allylic oxidation sites excluding steroid dienone is 4. The first-order valence-corrected chi connectivity index (χ1v) is 14.8. The molecule has 0 aromatic heterocycles. The highest BCUT2D eigenvalue weighted by Crippen LogP contribution is 2.54. The van der Waals surface area contributed by atoms with E-state index in [9.17, 15) is 9.59 Å². The van der Waals surface area contributed by atoms with Crippen LogP contribution in [0.15, 0.2) is 43.6 Å². The Morgan fingerprint density at radius 2 is 1.36 bits per heavy atom. The van der Waals surface area contributed by atoms with Gasteiger partial charge in [-0.15, -0.1) is 0 Å². The van der Waals surface area contributed by atoms with Crippen LogP contribution in [0.4, 0.5) is 0 Å². The van der Waals surface area contributed by atoms with E-state index in [1.807, 2.05) is 7.05 Å². The number of ketones is 2. The summed E-state index contributed by atoms with van der Waals surface area (Å²) in [5.41, 5.74) is 4.52. The Labute approximate surface area is 233 Å². The largest absolute Gasteiger partial charge is 0.491 e. The first-order chi connectivity index (χ1) is 16.8. The van der Waals surface area contributed by atoms with Crippen LogP contribution in [0.25, 0.3) is 0 Å². The number of carbonyl (C=O) groups is 2. The Morgan fingerprint density at radius 1 is 0.861 bits per heavy atom. The first kappa shape index (κ1) is 27.6. The summed E-state index contributed by atoms with van der Waals surface area (Å²) in [7, 11) is 2.05. The van der Waals surface area contributed by atoms with E-state index >= 15 is 0 Å². The fourth-order valence-electron chi connectivity index (χ4n) is 6.09. The minimum atomic E-state index is -0.343. The van der Waals surface area contributed by atoms with Crippen molar-refractivity contribution in [2.75, 3.05) is 13.7 Å². The second-order valence-electron chi connectivity index (χ2n) is 12.3. The van der Waals surface area contributed by atoms with Crippen molar-refractivity contribution in [2.45, 2.75) is 91.9 Å². The predicted molar refractivity (Wildman–Crippen MR) is 152 cm³/mol. The van der Waals surface area contributed by atoms with Crippen molar-refractivity contribution in [1.82, 2.24) is 4.90 Å². The molecule has 0 bridgehead atoms. The first-order valence-electron chi connectivity index (χ1n) is 13.2. The van der Waals surface area contributed by atoms with Crippen molar-refractivity contribution in [1.29, 1.82) is 0 Å². The molecule has 0 saturated heterocycles. The van der Waals surface area contributed by atoms with E-state index in [4.69, 9.17) is 4.74 Å². The summed E-state index contributed by atoms with van der Waals surface area (Å²) in [6.07, 6.45) is 7.24. The molecule has 4 nitrogen and oxygen atoms in total. The van der Waals surface area contributed by atoms with E-state index < -0.39 is 0 Å². The fraction of sp³-hybridized carbons (Fsp3) is 0.600. The van der Waals surface area contributed by atoms with Crippen LogP contribution in [-0.4, -0.2) is 30.1 Å². The lowest BCUT2D eigenvalue weighted by atomic mass is 9.64. The fourth-order valence-corrected chi connectivity index (χ4v) is 7.54. The number of rotatable bonds is 7. The summed E-state index contributed by atoms with van der Waals surface area (Å²) in [6, 6.07) is 4.11. The maximum absolute atomic E-state index is 13.7. The monoisotopic (exact) mass is 619 g/mol. The van der Waals surface area contributed by atoms with Crippen molar-refractivity contribution in [3.8, 4) is 5.75 Å². The van der Waals surface area contributed by atoms with E-state index in [0.717, 1.165) is 68.5 Å². The number of hydrogen-bond acceptors (Lipinski definition) is 4. The molecule has 0 radical (unpaired) electrons. The second-order valence-corrected chi connectivity index (χ2v) is 14.0. The normalized spacial score (nSPS) is 21.6. The van der Waals surface area contributed by atoms with Gasteiger partial charge in [0.05, 0.1) is 15.6 Å². The number of carbonyl (C=O) groups excluding carboxylic acids is 2. The van der Waals surface area contributed by atoms with Crippen LogP contribution < -0.4 is 4.74 Å². The van der Waals surface area contributed by atoms with Gasteiger partial charge in [0, 0.05) is 48.3 Å². The molecule has 0 spiro atoms. The molecule has 36 heavy (non-hydrogen) atoms. The predicted octanol–water partition coefficient (Wildman–Crippen LogP) is 8.49. The quantitative estimate of drug-likeness (QED) is 0.287. The highest BCUT2D eigenvalue weighted by atomic mass is 79.9. The summed E-state index contributed by atoms with van der Waals surface area (Å²) >= 11 is 7.47. The summed E-state index contributed by atoms with van der Waals surface area (Å²) in [4.78, 5) is 29.5. The molecule has 0 saturated carbocycles. The zero-order chi connectivity index (χ0) is 26.4. The third kappa shape index (κ3) is 5.41. The Kier molecular flexibility index (Phi) is 7.98. The van der Waals surface area contributed by atoms with Crippen molar-refractivity contribution in [3.05, 3.63) is 49.2 Å². The van der Waals surface area contributed by atoms with Crippen LogP contribution in [0, 0.1) is 10.8 Å². The van der Waals surface area contributed by atoms with E-state index in [1.165, 1.54) is 12.8 Å². The van der Waals surface area contributed by atoms with Gasteiger partial charge in [-0.3, -0.25) is 9.59 Å².